The minimum absolute atomic E-state index is 0. The maximum Gasteiger partial charge on any atom is 0.270 e. The second-order valence-electron chi connectivity index (χ2n) is 8.46. The van der Waals surface area contributed by atoms with E-state index in [1.54, 1.807) is 12.1 Å². The van der Waals surface area contributed by atoms with Crippen molar-refractivity contribution in [1.29, 1.82) is 0 Å². The zero-order valence-corrected chi connectivity index (χ0v) is 23.9. The van der Waals surface area contributed by atoms with E-state index >= 15 is 0 Å². The summed E-state index contributed by atoms with van der Waals surface area (Å²) >= 11 is 0. The average molecular weight is 585 g/mol. The first-order valence-electron chi connectivity index (χ1n) is 11.5. The van der Waals surface area contributed by atoms with Crippen molar-refractivity contribution in [3.63, 3.8) is 0 Å². The van der Waals surface area contributed by atoms with Crippen LogP contribution in [0.5, 0.6) is 0 Å². The van der Waals surface area contributed by atoms with Crippen LogP contribution < -0.4 is 50.9 Å². The van der Waals surface area contributed by atoms with E-state index in [4.69, 9.17) is 0 Å². The van der Waals surface area contributed by atoms with Gasteiger partial charge in [0, 0.05) is 72.6 Å². The van der Waals surface area contributed by atoms with Crippen LogP contribution in [0.25, 0.3) is 27.9 Å². The Labute approximate surface area is 246 Å². The molecule has 0 unspecified atom stereocenters. The fraction of sp³-hybridized carbons (Fsp3) is 0.103. The van der Waals surface area contributed by atoms with Crippen molar-refractivity contribution >= 4 is 5.69 Å². The summed E-state index contributed by atoms with van der Waals surface area (Å²) in [7, 11) is 4.00. The molecule has 5 rings (SSSR count). The van der Waals surface area contributed by atoms with Crippen molar-refractivity contribution in [2.24, 2.45) is 14.1 Å². The maximum absolute atomic E-state index is 10.8. The Hall–Kier alpha value is -3.91. The Morgan fingerprint density at radius 1 is 0.641 bits per heavy atom. The van der Waals surface area contributed by atoms with Crippen LogP contribution in [0.4, 0.5) is 5.69 Å². The van der Waals surface area contributed by atoms with Crippen LogP contribution >= 0.6 is 0 Å². The Bertz CT molecular complexity index is 1470. The van der Waals surface area contributed by atoms with Crippen molar-refractivity contribution in [3.8, 4) is 27.9 Å². The van der Waals surface area contributed by atoms with Gasteiger partial charge < -0.3 is 37.2 Å². The number of non-ortho nitro benzene ring substituents is 1. The summed E-state index contributed by atoms with van der Waals surface area (Å²) in [5.74, 6) is 0. The van der Waals surface area contributed by atoms with Gasteiger partial charge in [-0.05, 0) is 41.3 Å². The van der Waals surface area contributed by atoms with Gasteiger partial charge in [-0.2, -0.15) is 4.57 Å². The predicted molar refractivity (Wildman–Crippen MR) is 137 cm³/mol. The lowest BCUT2D eigenvalue weighted by molar-refractivity contribution is -0.671. The molecule has 0 bridgehead atoms. The average Bonchev–Trinajstić information content (AvgIpc) is 2.90. The summed E-state index contributed by atoms with van der Waals surface area (Å²) in [4.78, 5) is 14.4. The number of nitrogens with zero attached hydrogens (tertiary/aromatic N) is 5. The second kappa shape index (κ2) is 15.5. The summed E-state index contributed by atoms with van der Waals surface area (Å²) in [6, 6.07) is 21.3. The van der Waals surface area contributed by atoms with Gasteiger partial charge in [0.25, 0.3) is 5.69 Å². The minimum atomic E-state index is -0.375. The molecule has 0 N–H and O–H groups in total. The van der Waals surface area contributed by atoms with Crippen molar-refractivity contribution in [3.05, 3.63) is 132 Å². The molecule has 0 radical (unpaired) electrons. The molecule has 0 aliphatic heterocycles. The molecule has 0 atom stereocenters. The lowest BCUT2D eigenvalue weighted by Crippen LogP contribution is -3.00. The summed E-state index contributed by atoms with van der Waals surface area (Å²) < 4.78 is 5.98. The van der Waals surface area contributed by atoms with Gasteiger partial charge in [-0.3, -0.25) is 15.1 Å². The molecular weight excluding hydrogens is 557 g/mol. The largest absolute Gasteiger partial charge is 1.00 e. The molecule has 202 valence electrons. The Kier molecular flexibility index (Phi) is 13.2. The molecule has 0 amide bonds. The molecule has 4 heterocycles. The number of pyridine rings is 4. The van der Waals surface area contributed by atoms with Gasteiger partial charge in [0.2, 0.25) is 5.69 Å². The summed E-state index contributed by atoms with van der Waals surface area (Å²) in [5.41, 5.74) is 6.61. The van der Waals surface area contributed by atoms with Crippen LogP contribution in [0.3, 0.4) is 0 Å². The van der Waals surface area contributed by atoms with Crippen LogP contribution in [0.1, 0.15) is 5.56 Å². The Balaban J connectivity index is 0.000000410. The Morgan fingerprint density at radius 3 is 1.46 bits per heavy atom. The van der Waals surface area contributed by atoms with Crippen LogP contribution in [0.15, 0.2) is 116 Å². The lowest BCUT2D eigenvalue weighted by Gasteiger charge is -2.02. The molecule has 7 nitrogen and oxygen atoms in total. The first-order valence-corrected chi connectivity index (χ1v) is 11.5. The Morgan fingerprint density at radius 2 is 1.05 bits per heavy atom. The second-order valence-corrected chi connectivity index (χ2v) is 8.46. The van der Waals surface area contributed by atoms with Crippen molar-refractivity contribution < 1.29 is 55.8 Å². The maximum atomic E-state index is 10.8. The lowest BCUT2D eigenvalue weighted by atomic mass is 10.1. The topological polar surface area (TPSA) is 67.7 Å². The van der Waals surface area contributed by atoms with Crippen LogP contribution in [0.2, 0.25) is 0 Å². The van der Waals surface area contributed by atoms with Gasteiger partial charge >= 0.3 is 0 Å². The highest BCUT2D eigenvalue weighted by Crippen LogP contribution is 2.19. The van der Waals surface area contributed by atoms with E-state index in [1.807, 2.05) is 109 Å². The van der Waals surface area contributed by atoms with Crippen LogP contribution in [-0.2, 0) is 14.1 Å². The van der Waals surface area contributed by atoms with Gasteiger partial charge in [0.1, 0.15) is 14.1 Å². The third-order valence-corrected chi connectivity index (χ3v) is 5.80. The third-order valence-electron chi connectivity index (χ3n) is 5.80. The van der Waals surface area contributed by atoms with Gasteiger partial charge in [0.15, 0.2) is 37.2 Å². The predicted octanol–water partition coefficient (Wildman–Crippen LogP) is -4.74. The van der Waals surface area contributed by atoms with Crippen molar-refractivity contribution in [2.75, 3.05) is 0 Å². The molecule has 5 aromatic rings. The zero-order valence-electron chi connectivity index (χ0n) is 21.7. The molecule has 0 fully saturated rings. The number of nitro benzene ring substituents is 1. The van der Waals surface area contributed by atoms with Gasteiger partial charge in [0.05, 0.1) is 4.92 Å². The standard InChI is InChI=1S/C18H17N3O2.C11H11N2.3ClH/c1-14-13-17(21(22)23)3-4-18(14)20-11-7-16(8-12-20)15-5-9-19(2)10-6-15;1-13-8-4-11(5-9-13)10-2-6-12-7-3-10;;;/h3-13H,1-2H3;2-9H,1H3;3*1H/q+2;+1;;;/p-3. The SMILES string of the molecule is C[n+]1ccc(-c2ccncc2)cc1.Cc1cc([N+](=O)[O-])ccc1-[n+]1ccc(-c2cc[n+](C)cc2)cc1.[Cl-].[Cl-].[Cl-]. The minimum Gasteiger partial charge on any atom is -1.00 e. The van der Waals surface area contributed by atoms with E-state index < -0.39 is 0 Å². The summed E-state index contributed by atoms with van der Waals surface area (Å²) in [5, 5.41) is 10.8. The molecule has 4 aromatic heterocycles. The van der Waals surface area contributed by atoms with E-state index in [9.17, 15) is 10.1 Å². The quantitative estimate of drug-likeness (QED) is 0.121. The van der Waals surface area contributed by atoms with E-state index in [0.29, 0.717) is 0 Å². The zero-order chi connectivity index (χ0) is 25.5. The van der Waals surface area contributed by atoms with E-state index in [-0.39, 0.29) is 47.8 Å². The number of aryl methyl sites for hydroxylation is 3. The van der Waals surface area contributed by atoms with Crippen LogP contribution in [-0.4, -0.2) is 9.91 Å². The van der Waals surface area contributed by atoms with Crippen molar-refractivity contribution in [1.82, 2.24) is 4.98 Å². The van der Waals surface area contributed by atoms with Crippen molar-refractivity contribution in [2.45, 2.75) is 6.92 Å². The van der Waals surface area contributed by atoms with Gasteiger partial charge in [-0.1, -0.05) is 0 Å². The fourth-order valence-corrected chi connectivity index (χ4v) is 3.75. The third kappa shape index (κ3) is 8.82. The fourth-order valence-electron chi connectivity index (χ4n) is 3.75. The van der Waals surface area contributed by atoms with Gasteiger partial charge in [-0.15, -0.1) is 0 Å². The molecule has 0 spiro atoms. The van der Waals surface area contributed by atoms with Crippen LogP contribution in [0, 0.1) is 17.0 Å². The molecule has 0 saturated carbocycles. The van der Waals surface area contributed by atoms with E-state index in [0.717, 1.165) is 22.4 Å². The first kappa shape index (κ1) is 33.1. The number of hydrogen-bond donors (Lipinski definition) is 0. The number of rotatable bonds is 4. The van der Waals surface area contributed by atoms with Gasteiger partial charge in [-0.25, -0.2) is 9.13 Å². The number of hydrogen-bond acceptors (Lipinski definition) is 3. The highest BCUT2D eigenvalue weighted by Gasteiger charge is 2.14. The molecule has 0 aliphatic rings. The number of nitro groups is 1. The molecule has 0 aliphatic carbocycles. The summed E-state index contributed by atoms with van der Waals surface area (Å²) in [6.07, 6.45) is 15.6. The normalized spacial score (nSPS) is 9.51. The number of halogens is 3. The summed E-state index contributed by atoms with van der Waals surface area (Å²) in [6.45, 7) is 1.88. The molecule has 39 heavy (non-hydrogen) atoms. The smallest absolute Gasteiger partial charge is 0.270 e. The number of benzene rings is 1. The first-order chi connectivity index (χ1) is 17.4. The van der Waals surface area contributed by atoms with E-state index in [2.05, 4.69) is 29.2 Å². The number of aromatic nitrogens is 4. The molecular formula is C29H28Cl3N5O2. The molecule has 10 heteroatoms. The monoisotopic (exact) mass is 583 g/mol. The van der Waals surface area contributed by atoms with E-state index in [1.165, 1.54) is 17.2 Å². The molecule has 0 saturated heterocycles. The highest BCUT2D eigenvalue weighted by atomic mass is 35.5. The molecule has 1 aromatic carbocycles. The highest BCUT2D eigenvalue weighted by molar-refractivity contribution is 5.62.